The Morgan fingerprint density at radius 3 is 2.81 bits per heavy atom. The first kappa shape index (κ1) is 11.2. The van der Waals surface area contributed by atoms with Crippen molar-refractivity contribution in [3.63, 3.8) is 0 Å². The third-order valence-electron chi connectivity index (χ3n) is 2.13. The minimum absolute atomic E-state index is 0.278. The highest BCUT2D eigenvalue weighted by molar-refractivity contribution is 7.17. The summed E-state index contributed by atoms with van der Waals surface area (Å²) in [6, 6.07) is 0. The standard InChI is InChI=1S/C8H7BF3N2OS/c1-5-2-16-7-6(5)13-4-14(8(7)15)3-9(10,11)12/h2,4H,3H2,1H3/q-1. The van der Waals surface area contributed by atoms with Gasteiger partial charge in [0.2, 0.25) is 0 Å². The highest BCUT2D eigenvalue weighted by Crippen LogP contribution is 2.20. The normalized spacial score (nSPS) is 12.2. The number of aryl methyl sites for hydroxylation is 1. The van der Waals surface area contributed by atoms with Crippen molar-refractivity contribution in [3.05, 3.63) is 27.6 Å². The zero-order chi connectivity index (χ0) is 11.9. The molecule has 2 aromatic rings. The van der Waals surface area contributed by atoms with Gasteiger partial charge in [0.15, 0.2) is 0 Å². The van der Waals surface area contributed by atoms with E-state index in [0.717, 1.165) is 23.2 Å². The molecule has 0 aliphatic heterocycles. The summed E-state index contributed by atoms with van der Waals surface area (Å²) in [5.41, 5.74) is 0.671. The fourth-order valence-corrected chi connectivity index (χ4v) is 2.36. The summed E-state index contributed by atoms with van der Waals surface area (Å²) in [4.78, 5) is 15.5. The molecule has 0 amide bonds. The van der Waals surface area contributed by atoms with Gasteiger partial charge in [0.1, 0.15) is 4.70 Å². The Kier molecular flexibility index (Phi) is 2.53. The molecule has 3 nitrogen and oxygen atoms in total. The molecule has 2 aromatic heterocycles. The quantitative estimate of drug-likeness (QED) is 0.762. The smallest absolute Gasteiger partial charge is 0.448 e. The van der Waals surface area contributed by atoms with E-state index in [9.17, 15) is 17.7 Å². The number of fused-ring (bicyclic) bond motifs is 1. The summed E-state index contributed by atoms with van der Waals surface area (Å²) in [5, 5.41) is 1.71. The fraction of sp³-hybridized carbons (Fsp3) is 0.250. The third-order valence-corrected chi connectivity index (χ3v) is 3.20. The zero-order valence-corrected chi connectivity index (χ0v) is 9.10. The summed E-state index contributed by atoms with van der Waals surface area (Å²) in [5.74, 6) is 0. The maximum Gasteiger partial charge on any atom is 0.497 e. The van der Waals surface area contributed by atoms with Gasteiger partial charge in [0, 0.05) is 0 Å². The first-order valence-corrected chi connectivity index (χ1v) is 5.41. The highest BCUT2D eigenvalue weighted by Gasteiger charge is 2.24. The summed E-state index contributed by atoms with van der Waals surface area (Å²) in [6.45, 7) is -3.26. The average Bonchev–Trinajstić information content (AvgIpc) is 2.52. The van der Waals surface area contributed by atoms with Crippen LogP contribution in [0.25, 0.3) is 10.2 Å². The number of rotatable bonds is 2. The second-order valence-corrected chi connectivity index (χ2v) is 4.39. The van der Waals surface area contributed by atoms with Crippen molar-refractivity contribution in [2.45, 2.75) is 13.4 Å². The minimum atomic E-state index is -5.03. The molecule has 0 aliphatic carbocycles. The first-order chi connectivity index (χ1) is 7.38. The Hall–Kier alpha value is -1.31. The maximum absolute atomic E-state index is 12.2. The van der Waals surface area contributed by atoms with Crippen LogP contribution in [0, 0.1) is 6.92 Å². The molecular weight excluding hydrogens is 240 g/mol. The Morgan fingerprint density at radius 1 is 1.50 bits per heavy atom. The van der Waals surface area contributed by atoms with Crippen molar-refractivity contribution < 1.29 is 12.9 Å². The van der Waals surface area contributed by atoms with Gasteiger partial charge in [0.25, 0.3) is 5.56 Å². The van der Waals surface area contributed by atoms with Crippen LogP contribution in [0.3, 0.4) is 0 Å². The molecule has 0 aromatic carbocycles. The second kappa shape index (κ2) is 3.62. The second-order valence-electron chi connectivity index (χ2n) is 3.51. The van der Waals surface area contributed by atoms with E-state index in [1.807, 2.05) is 0 Å². The molecule has 0 saturated heterocycles. The van der Waals surface area contributed by atoms with Crippen LogP contribution in [-0.4, -0.2) is 16.5 Å². The predicted molar refractivity (Wildman–Crippen MR) is 57.7 cm³/mol. The Bertz CT molecular complexity index is 589. The summed E-state index contributed by atoms with van der Waals surface area (Å²) in [6.07, 6.45) is -0.279. The van der Waals surface area contributed by atoms with Crippen molar-refractivity contribution in [1.29, 1.82) is 0 Å². The summed E-state index contributed by atoms with van der Waals surface area (Å²) in [7, 11) is 0. The van der Waals surface area contributed by atoms with Crippen LogP contribution in [-0.2, 0) is 6.44 Å². The lowest BCUT2D eigenvalue weighted by molar-refractivity contribution is 0.442. The van der Waals surface area contributed by atoms with Gasteiger partial charge in [-0.15, -0.1) is 11.3 Å². The Balaban J connectivity index is 2.58. The van der Waals surface area contributed by atoms with Gasteiger partial charge in [-0.25, -0.2) is 4.98 Å². The van der Waals surface area contributed by atoms with Gasteiger partial charge in [-0.3, -0.25) is 4.79 Å². The molecular formula is C8H7BF3N2OS-. The Morgan fingerprint density at radius 2 is 2.19 bits per heavy atom. The number of thiophene rings is 1. The lowest BCUT2D eigenvalue weighted by Crippen LogP contribution is -2.31. The van der Waals surface area contributed by atoms with E-state index in [0.29, 0.717) is 10.1 Å². The van der Waals surface area contributed by atoms with Gasteiger partial charge in [-0.2, -0.15) is 0 Å². The highest BCUT2D eigenvalue weighted by atomic mass is 32.1. The molecule has 0 aliphatic rings. The SMILES string of the molecule is Cc1csc2c(=O)n(C[B-](F)(F)F)cnc12. The lowest BCUT2D eigenvalue weighted by atomic mass is 9.92. The van der Waals surface area contributed by atoms with Crippen molar-refractivity contribution in [2.24, 2.45) is 0 Å². The largest absolute Gasteiger partial charge is 0.497 e. The molecule has 0 unspecified atom stereocenters. The van der Waals surface area contributed by atoms with Crippen molar-refractivity contribution in [3.8, 4) is 0 Å². The maximum atomic E-state index is 12.2. The molecule has 86 valence electrons. The molecule has 0 atom stereocenters. The number of hydrogen-bond donors (Lipinski definition) is 0. The van der Waals surface area contributed by atoms with Gasteiger partial charge in [-0.1, -0.05) is 0 Å². The van der Waals surface area contributed by atoms with Crippen molar-refractivity contribution in [1.82, 2.24) is 9.55 Å². The van der Waals surface area contributed by atoms with Crippen LogP contribution in [0.1, 0.15) is 5.56 Å². The lowest BCUT2D eigenvalue weighted by Gasteiger charge is -2.14. The summed E-state index contributed by atoms with van der Waals surface area (Å²) >= 11 is 1.12. The minimum Gasteiger partial charge on any atom is -0.448 e. The molecule has 2 heterocycles. The number of aromatic nitrogens is 2. The van der Waals surface area contributed by atoms with E-state index in [-0.39, 0.29) is 4.70 Å². The van der Waals surface area contributed by atoms with Gasteiger partial charge in [0.05, 0.1) is 11.8 Å². The van der Waals surface area contributed by atoms with Gasteiger partial charge < -0.3 is 17.5 Å². The predicted octanol–water partition coefficient (Wildman–Crippen LogP) is 2.15. The van der Waals surface area contributed by atoms with Crippen molar-refractivity contribution in [2.75, 3.05) is 0 Å². The van der Waals surface area contributed by atoms with Gasteiger partial charge >= 0.3 is 6.98 Å². The monoisotopic (exact) mass is 247 g/mol. The van der Waals surface area contributed by atoms with E-state index < -0.39 is 19.0 Å². The van der Waals surface area contributed by atoms with Crippen LogP contribution in [0.4, 0.5) is 12.9 Å². The van der Waals surface area contributed by atoms with Gasteiger partial charge in [-0.05, 0) is 24.3 Å². The molecule has 0 spiro atoms. The van der Waals surface area contributed by atoms with E-state index in [2.05, 4.69) is 4.98 Å². The van der Waals surface area contributed by atoms with Crippen LogP contribution in [0.2, 0.25) is 0 Å². The van der Waals surface area contributed by atoms with Crippen molar-refractivity contribution >= 4 is 28.5 Å². The summed E-state index contributed by atoms with van der Waals surface area (Å²) < 4.78 is 37.5. The van der Waals surface area contributed by atoms with E-state index >= 15 is 0 Å². The molecule has 0 bridgehead atoms. The first-order valence-electron chi connectivity index (χ1n) is 4.53. The third kappa shape index (κ3) is 1.97. The zero-order valence-electron chi connectivity index (χ0n) is 8.28. The molecule has 8 heteroatoms. The van der Waals surface area contributed by atoms with E-state index in [4.69, 9.17) is 0 Å². The molecule has 0 saturated carbocycles. The van der Waals surface area contributed by atoms with Crippen LogP contribution >= 0.6 is 11.3 Å². The molecule has 2 rings (SSSR count). The number of hydrogen-bond acceptors (Lipinski definition) is 3. The van der Waals surface area contributed by atoms with E-state index in [1.54, 1.807) is 12.3 Å². The molecule has 0 N–H and O–H groups in total. The average molecular weight is 247 g/mol. The number of halogens is 3. The van der Waals surface area contributed by atoms with E-state index in [1.165, 1.54) is 0 Å². The molecule has 0 fully saturated rings. The molecule has 16 heavy (non-hydrogen) atoms. The fourth-order valence-electron chi connectivity index (χ4n) is 1.41. The van der Waals surface area contributed by atoms with Crippen LogP contribution in [0.15, 0.2) is 16.5 Å². The Labute approximate surface area is 92.6 Å². The molecule has 0 radical (unpaired) electrons. The topological polar surface area (TPSA) is 34.9 Å². The van der Waals surface area contributed by atoms with Crippen LogP contribution in [0.5, 0.6) is 0 Å². The number of nitrogens with zero attached hydrogens (tertiary/aromatic N) is 2. The van der Waals surface area contributed by atoms with Crippen LogP contribution < -0.4 is 5.56 Å².